The number of hydrogen-bond acceptors (Lipinski definition) is 7. The molecule has 0 spiro atoms. The minimum absolute atomic E-state index is 0.183. The molecule has 108 valence electrons. The quantitative estimate of drug-likeness (QED) is 0.554. The van der Waals surface area contributed by atoms with Crippen molar-refractivity contribution in [2.45, 2.75) is 0 Å². The zero-order chi connectivity index (χ0) is 15.1. The molecule has 0 radical (unpaired) electrons. The fraction of sp³-hybridized carbons (Fsp3) is 0. The Hall–Kier alpha value is -2.94. The van der Waals surface area contributed by atoms with Crippen molar-refractivity contribution < 1.29 is 20.4 Å². The van der Waals surface area contributed by atoms with Crippen LogP contribution in [0.4, 0.5) is 0 Å². The molecule has 3 aromatic rings. The highest BCUT2D eigenvalue weighted by molar-refractivity contribution is 6.28. The molecule has 0 saturated carbocycles. The highest BCUT2D eigenvalue weighted by atomic mass is 35.5. The van der Waals surface area contributed by atoms with Gasteiger partial charge in [-0.05, 0) is 11.6 Å². The number of aromatic nitrogens is 5. The van der Waals surface area contributed by atoms with E-state index in [1.807, 2.05) is 0 Å². The molecular formula is C11H8ClN5O4. The lowest BCUT2D eigenvalue weighted by Crippen LogP contribution is -2.08. The Morgan fingerprint density at radius 3 is 1.33 bits per heavy atom. The first-order valence-corrected chi connectivity index (χ1v) is 5.97. The molecule has 0 aliphatic rings. The van der Waals surface area contributed by atoms with Crippen LogP contribution in [0.15, 0.2) is 24.3 Å². The second-order valence-electron chi connectivity index (χ2n) is 3.97. The van der Waals surface area contributed by atoms with Gasteiger partial charge in [-0.3, -0.25) is 0 Å². The first-order chi connectivity index (χ1) is 9.97. The summed E-state index contributed by atoms with van der Waals surface area (Å²) in [6.07, 6.45) is 0. The maximum atomic E-state index is 9.66. The van der Waals surface area contributed by atoms with E-state index in [1.165, 1.54) is 24.3 Å². The van der Waals surface area contributed by atoms with Gasteiger partial charge in [0.1, 0.15) is 0 Å². The summed E-state index contributed by atoms with van der Waals surface area (Å²) in [6.45, 7) is 0. The smallest absolute Gasteiger partial charge is 0.245 e. The van der Waals surface area contributed by atoms with Crippen LogP contribution in [-0.4, -0.2) is 44.5 Å². The van der Waals surface area contributed by atoms with Crippen LogP contribution in [0.5, 0.6) is 23.5 Å². The Morgan fingerprint density at radius 1 is 0.667 bits per heavy atom. The van der Waals surface area contributed by atoms with Crippen LogP contribution in [0, 0.1) is 0 Å². The van der Waals surface area contributed by atoms with Gasteiger partial charge in [0.15, 0.2) is 0 Å². The number of halogens is 1. The van der Waals surface area contributed by atoms with E-state index in [9.17, 15) is 20.4 Å². The molecule has 3 aromatic heterocycles. The van der Waals surface area contributed by atoms with Crippen LogP contribution in [0.25, 0.3) is 11.9 Å². The van der Waals surface area contributed by atoms with E-state index in [1.54, 1.807) is 0 Å². The van der Waals surface area contributed by atoms with E-state index in [0.29, 0.717) is 0 Å². The van der Waals surface area contributed by atoms with Crippen molar-refractivity contribution in [3.8, 4) is 35.4 Å². The molecule has 21 heavy (non-hydrogen) atoms. The van der Waals surface area contributed by atoms with E-state index in [2.05, 4.69) is 15.0 Å². The second-order valence-corrected chi connectivity index (χ2v) is 4.31. The normalized spacial score (nSPS) is 10.9. The maximum absolute atomic E-state index is 9.66. The van der Waals surface area contributed by atoms with Crippen molar-refractivity contribution >= 4 is 11.6 Å². The van der Waals surface area contributed by atoms with Crippen molar-refractivity contribution in [3.05, 3.63) is 29.5 Å². The summed E-state index contributed by atoms with van der Waals surface area (Å²) in [5.41, 5.74) is 0. The van der Waals surface area contributed by atoms with E-state index in [-0.39, 0.29) is 40.7 Å². The first kappa shape index (κ1) is 13.1. The lowest BCUT2D eigenvalue weighted by atomic mass is 10.6. The van der Waals surface area contributed by atoms with Gasteiger partial charge in [-0.15, -0.1) is 0 Å². The van der Waals surface area contributed by atoms with Crippen molar-refractivity contribution in [2.75, 3.05) is 0 Å². The second kappa shape index (κ2) is 4.56. The van der Waals surface area contributed by atoms with E-state index in [0.717, 1.165) is 9.13 Å². The zero-order valence-corrected chi connectivity index (χ0v) is 11.0. The van der Waals surface area contributed by atoms with Gasteiger partial charge in [0.2, 0.25) is 40.7 Å². The highest BCUT2D eigenvalue weighted by Gasteiger charge is 2.17. The van der Waals surface area contributed by atoms with Crippen LogP contribution in [-0.2, 0) is 0 Å². The molecule has 0 bridgehead atoms. The number of hydrogen-bond donors (Lipinski definition) is 4. The summed E-state index contributed by atoms with van der Waals surface area (Å²) in [4.78, 5) is 11.5. The van der Waals surface area contributed by atoms with Gasteiger partial charge in [-0.25, -0.2) is 9.13 Å². The fourth-order valence-corrected chi connectivity index (χ4v) is 1.92. The van der Waals surface area contributed by atoms with Gasteiger partial charge in [0.05, 0.1) is 0 Å². The lowest BCUT2D eigenvalue weighted by Gasteiger charge is -2.09. The van der Waals surface area contributed by atoms with Crippen molar-refractivity contribution in [1.82, 2.24) is 24.1 Å². The average molecular weight is 310 g/mol. The van der Waals surface area contributed by atoms with Crippen LogP contribution >= 0.6 is 11.6 Å². The number of nitrogens with zero attached hydrogens (tertiary/aromatic N) is 5. The van der Waals surface area contributed by atoms with Gasteiger partial charge >= 0.3 is 0 Å². The molecule has 0 unspecified atom stereocenters. The lowest BCUT2D eigenvalue weighted by molar-refractivity contribution is 0.394. The van der Waals surface area contributed by atoms with Gasteiger partial charge in [0, 0.05) is 24.3 Å². The molecule has 0 fully saturated rings. The summed E-state index contributed by atoms with van der Waals surface area (Å²) in [5, 5.41) is 38.4. The Kier molecular flexibility index (Phi) is 2.84. The maximum Gasteiger partial charge on any atom is 0.245 e. The summed E-state index contributed by atoms with van der Waals surface area (Å²) < 4.78 is 1.82. The predicted molar refractivity (Wildman–Crippen MR) is 70.2 cm³/mol. The first-order valence-electron chi connectivity index (χ1n) is 5.59. The van der Waals surface area contributed by atoms with Crippen LogP contribution in [0.1, 0.15) is 0 Å². The Bertz CT molecular complexity index is 725. The van der Waals surface area contributed by atoms with Crippen LogP contribution < -0.4 is 0 Å². The molecule has 0 aliphatic carbocycles. The minimum atomic E-state index is -0.318. The molecule has 0 amide bonds. The van der Waals surface area contributed by atoms with Gasteiger partial charge in [-0.2, -0.15) is 15.0 Å². The Labute approximate surface area is 122 Å². The number of rotatable bonds is 2. The van der Waals surface area contributed by atoms with Crippen molar-refractivity contribution in [2.24, 2.45) is 0 Å². The fourth-order valence-electron chi connectivity index (χ4n) is 1.77. The summed E-state index contributed by atoms with van der Waals surface area (Å²) in [7, 11) is 0. The molecule has 3 rings (SSSR count). The monoisotopic (exact) mass is 309 g/mol. The predicted octanol–water partition coefficient (Wildman–Crippen LogP) is 0.929. The third kappa shape index (κ3) is 2.09. The number of aromatic hydroxyl groups is 4. The van der Waals surface area contributed by atoms with Crippen molar-refractivity contribution in [3.63, 3.8) is 0 Å². The third-order valence-electron chi connectivity index (χ3n) is 2.66. The molecule has 4 N–H and O–H groups in total. The molecule has 10 heteroatoms. The minimum Gasteiger partial charge on any atom is -0.494 e. The third-order valence-corrected chi connectivity index (χ3v) is 2.83. The zero-order valence-electron chi connectivity index (χ0n) is 10.2. The molecule has 0 saturated heterocycles. The van der Waals surface area contributed by atoms with E-state index in [4.69, 9.17) is 11.6 Å². The molecule has 0 aromatic carbocycles. The standard InChI is InChI=1S/C11H8ClN5O4/c12-9-13-10(16-5(18)1-2-6(16)19)15-11(14-9)17-7(20)3-4-8(17)21/h1-4,18-21H. The largest absolute Gasteiger partial charge is 0.494 e. The van der Waals surface area contributed by atoms with E-state index >= 15 is 0 Å². The molecule has 0 atom stereocenters. The van der Waals surface area contributed by atoms with Crippen LogP contribution in [0.2, 0.25) is 5.28 Å². The summed E-state index contributed by atoms with van der Waals surface area (Å²) in [6, 6.07) is 4.93. The SMILES string of the molecule is Oc1ccc(O)n1-c1nc(Cl)nc(-n2c(O)ccc2O)n1. The van der Waals surface area contributed by atoms with Crippen molar-refractivity contribution in [1.29, 1.82) is 0 Å². The average Bonchev–Trinajstić information content (AvgIpc) is 2.92. The molecule has 0 aliphatic heterocycles. The highest BCUT2D eigenvalue weighted by Crippen LogP contribution is 2.28. The van der Waals surface area contributed by atoms with Gasteiger partial charge in [0.25, 0.3) is 0 Å². The van der Waals surface area contributed by atoms with Gasteiger partial charge in [-0.1, -0.05) is 0 Å². The topological polar surface area (TPSA) is 129 Å². The summed E-state index contributed by atoms with van der Waals surface area (Å²) in [5.74, 6) is -1.64. The van der Waals surface area contributed by atoms with Crippen LogP contribution in [0.3, 0.4) is 0 Å². The van der Waals surface area contributed by atoms with Gasteiger partial charge < -0.3 is 20.4 Å². The molecule has 3 heterocycles. The molecular weight excluding hydrogens is 302 g/mol. The Balaban J connectivity index is 2.23. The summed E-state index contributed by atoms with van der Waals surface area (Å²) >= 11 is 5.78. The molecule has 9 nitrogen and oxygen atoms in total. The van der Waals surface area contributed by atoms with E-state index < -0.39 is 0 Å². The Morgan fingerprint density at radius 2 is 1.00 bits per heavy atom.